The summed E-state index contributed by atoms with van der Waals surface area (Å²) < 4.78 is 20.6. The van der Waals surface area contributed by atoms with E-state index in [1.165, 1.54) is 4.90 Å². The van der Waals surface area contributed by atoms with E-state index in [9.17, 15) is 9.59 Å². The van der Waals surface area contributed by atoms with Crippen LogP contribution in [0.25, 0.3) is 11.0 Å². The number of rotatable bonds is 7. The molecule has 10 nitrogen and oxygen atoms in total. The third kappa shape index (κ3) is 6.02. The first kappa shape index (κ1) is 27.7. The van der Waals surface area contributed by atoms with Gasteiger partial charge in [-0.1, -0.05) is 0 Å². The molecular formula is C28H39N5O5. The highest BCUT2D eigenvalue weighted by Crippen LogP contribution is 2.34. The predicted octanol–water partition coefficient (Wildman–Crippen LogP) is 4.41. The standard InChI is InChI=1S/C28H39N5O5/c1-19-16-21(37-15-12-30(5)6)8-9-22(19)33(27(35)38-28(2,3)4)25-17-23-24(18-29-25)31(7)26(34)32(23)20-10-13-36-14-11-20/h8-9,16-18,20H,10-15H2,1-7H3. The largest absolute Gasteiger partial charge is 0.492 e. The Balaban J connectivity index is 1.79. The Labute approximate surface area is 223 Å². The summed E-state index contributed by atoms with van der Waals surface area (Å²) in [4.78, 5) is 34.9. The molecule has 3 heterocycles. The smallest absolute Gasteiger partial charge is 0.420 e. The van der Waals surface area contributed by atoms with Crippen LogP contribution in [0.2, 0.25) is 0 Å². The summed E-state index contributed by atoms with van der Waals surface area (Å²) in [5, 5.41) is 0. The van der Waals surface area contributed by atoms with E-state index >= 15 is 0 Å². The normalized spacial score (nSPS) is 14.7. The molecule has 0 unspecified atom stereocenters. The van der Waals surface area contributed by atoms with Crippen molar-refractivity contribution < 1.29 is 19.0 Å². The van der Waals surface area contributed by atoms with Crippen LogP contribution in [0.15, 0.2) is 35.3 Å². The average molecular weight is 526 g/mol. The van der Waals surface area contributed by atoms with Crippen molar-refractivity contribution in [3.05, 3.63) is 46.5 Å². The Morgan fingerprint density at radius 1 is 1.16 bits per heavy atom. The molecule has 0 saturated carbocycles. The lowest BCUT2D eigenvalue weighted by Gasteiger charge is -2.28. The van der Waals surface area contributed by atoms with Crippen LogP contribution in [0.5, 0.6) is 5.75 Å². The first-order chi connectivity index (χ1) is 18.0. The molecule has 1 fully saturated rings. The molecule has 3 aromatic rings. The lowest BCUT2D eigenvalue weighted by atomic mass is 10.1. The van der Waals surface area contributed by atoms with Crippen LogP contribution < -0.4 is 15.3 Å². The second kappa shape index (κ2) is 11.2. The van der Waals surface area contributed by atoms with E-state index in [2.05, 4.69) is 9.88 Å². The van der Waals surface area contributed by atoms with Gasteiger partial charge in [-0.3, -0.25) is 9.13 Å². The number of nitrogens with zero attached hydrogens (tertiary/aromatic N) is 5. The monoisotopic (exact) mass is 525 g/mol. The quantitative estimate of drug-likeness (QED) is 0.451. The molecule has 0 radical (unpaired) electrons. The number of fused-ring (bicyclic) bond motifs is 1. The molecule has 1 aliphatic rings. The number of ether oxygens (including phenoxy) is 3. The summed E-state index contributed by atoms with van der Waals surface area (Å²) in [5.41, 5.74) is 2.07. The molecule has 2 aromatic heterocycles. The van der Waals surface area contributed by atoms with E-state index in [0.717, 1.165) is 36.2 Å². The number of hydrogen-bond donors (Lipinski definition) is 0. The molecule has 0 bridgehead atoms. The molecule has 4 rings (SSSR count). The van der Waals surface area contributed by atoms with Crippen molar-refractivity contribution in [2.45, 2.75) is 52.2 Å². The Bertz CT molecular complexity index is 1350. The molecule has 1 aromatic carbocycles. The molecule has 1 amide bonds. The first-order valence-corrected chi connectivity index (χ1v) is 13.0. The number of carbonyl (C=O) groups is 1. The Kier molecular flexibility index (Phi) is 8.13. The molecule has 0 spiro atoms. The number of carbonyl (C=O) groups excluding carboxylic acids is 1. The number of benzene rings is 1. The first-order valence-electron chi connectivity index (χ1n) is 13.0. The molecule has 0 aliphatic carbocycles. The van der Waals surface area contributed by atoms with Crippen LogP contribution in [0.4, 0.5) is 16.3 Å². The van der Waals surface area contributed by atoms with E-state index < -0.39 is 11.7 Å². The van der Waals surface area contributed by atoms with E-state index in [-0.39, 0.29) is 11.7 Å². The maximum absolute atomic E-state index is 13.6. The Hall–Kier alpha value is -3.37. The SMILES string of the molecule is Cc1cc(OCCN(C)C)ccc1N(C(=O)OC(C)(C)C)c1cc2c(cn1)n(C)c(=O)n2C1CCOCC1. The van der Waals surface area contributed by atoms with Gasteiger partial charge in [0.2, 0.25) is 0 Å². The van der Waals surface area contributed by atoms with Gasteiger partial charge in [0.15, 0.2) is 0 Å². The van der Waals surface area contributed by atoms with Gasteiger partial charge in [-0.15, -0.1) is 0 Å². The summed E-state index contributed by atoms with van der Waals surface area (Å²) >= 11 is 0. The highest BCUT2D eigenvalue weighted by atomic mass is 16.6. The molecule has 0 atom stereocenters. The van der Waals surface area contributed by atoms with Crippen molar-refractivity contribution in [1.82, 2.24) is 19.0 Å². The van der Waals surface area contributed by atoms with Gasteiger partial charge in [-0.2, -0.15) is 0 Å². The lowest BCUT2D eigenvalue weighted by molar-refractivity contribution is 0.0598. The molecule has 206 valence electrons. The maximum atomic E-state index is 13.6. The minimum Gasteiger partial charge on any atom is -0.492 e. The summed E-state index contributed by atoms with van der Waals surface area (Å²) in [6.45, 7) is 9.97. The van der Waals surface area contributed by atoms with E-state index in [0.29, 0.717) is 36.8 Å². The zero-order valence-electron chi connectivity index (χ0n) is 23.5. The fraction of sp³-hybridized carbons (Fsp3) is 0.536. The van der Waals surface area contributed by atoms with Gasteiger partial charge in [0.1, 0.15) is 23.8 Å². The number of anilines is 2. The van der Waals surface area contributed by atoms with Gasteiger partial charge < -0.3 is 19.1 Å². The van der Waals surface area contributed by atoms with E-state index in [1.807, 2.05) is 64.6 Å². The van der Waals surface area contributed by atoms with Crippen molar-refractivity contribution in [1.29, 1.82) is 0 Å². The maximum Gasteiger partial charge on any atom is 0.420 e. The van der Waals surface area contributed by atoms with Gasteiger partial charge in [0.25, 0.3) is 0 Å². The van der Waals surface area contributed by atoms with Crippen LogP contribution in [0, 0.1) is 6.92 Å². The van der Waals surface area contributed by atoms with Crippen molar-refractivity contribution >= 4 is 28.6 Å². The molecule has 10 heteroatoms. The Morgan fingerprint density at radius 2 is 1.87 bits per heavy atom. The summed E-state index contributed by atoms with van der Waals surface area (Å²) in [6, 6.07) is 7.41. The number of aryl methyl sites for hydroxylation is 2. The van der Waals surface area contributed by atoms with Crippen molar-refractivity contribution in [3.8, 4) is 5.75 Å². The molecular weight excluding hydrogens is 486 g/mol. The number of aromatic nitrogens is 3. The summed E-state index contributed by atoms with van der Waals surface area (Å²) in [7, 11) is 5.73. The van der Waals surface area contributed by atoms with Gasteiger partial charge in [-0.05, 0) is 78.4 Å². The lowest BCUT2D eigenvalue weighted by Crippen LogP contribution is -2.34. The van der Waals surface area contributed by atoms with Crippen LogP contribution in [0.1, 0.15) is 45.2 Å². The van der Waals surface area contributed by atoms with Crippen LogP contribution >= 0.6 is 0 Å². The fourth-order valence-electron chi connectivity index (χ4n) is 4.60. The van der Waals surface area contributed by atoms with Crippen LogP contribution in [-0.4, -0.2) is 71.2 Å². The van der Waals surface area contributed by atoms with Gasteiger partial charge in [0, 0.05) is 38.9 Å². The van der Waals surface area contributed by atoms with E-state index in [4.69, 9.17) is 14.2 Å². The summed E-state index contributed by atoms with van der Waals surface area (Å²) in [6.07, 6.45) is 2.60. The van der Waals surface area contributed by atoms with Gasteiger partial charge in [0.05, 0.1) is 22.9 Å². The minimum atomic E-state index is -0.709. The third-order valence-corrected chi connectivity index (χ3v) is 6.54. The van der Waals surface area contributed by atoms with E-state index in [1.54, 1.807) is 23.9 Å². The molecule has 0 N–H and O–H groups in total. The number of imidazole rings is 1. The number of hydrogen-bond acceptors (Lipinski definition) is 7. The number of pyridine rings is 1. The predicted molar refractivity (Wildman–Crippen MR) is 148 cm³/mol. The van der Waals surface area contributed by atoms with Gasteiger partial charge in [-0.25, -0.2) is 19.5 Å². The van der Waals surface area contributed by atoms with Crippen molar-refractivity contribution in [2.75, 3.05) is 45.4 Å². The van der Waals surface area contributed by atoms with Crippen LogP contribution in [-0.2, 0) is 16.5 Å². The highest BCUT2D eigenvalue weighted by Gasteiger charge is 2.29. The molecule has 1 aliphatic heterocycles. The van der Waals surface area contributed by atoms with Gasteiger partial charge >= 0.3 is 11.8 Å². The van der Waals surface area contributed by atoms with Crippen LogP contribution in [0.3, 0.4) is 0 Å². The zero-order chi connectivity index (χ0) is 27.6. The second-order valence-electron chi connectivity index (χ2n) is 11.0. The summed E-state index contributed by atoms with van der Waals surface area (Å²) in [5.74, 6) is 1.10. The number of likely N-dealkylation sites (N-methyl/N-ethyl adjacent to an activating group) is 1. The van der Waals surface area contributed by atoms with Crippen molar-refractivity contribution in [3.63, 3.8) is 0 Å². The fourth-order valence-corrected chi connectivity index (χ4v) is 4.60. The average Bonchev–Trinajstić information content (AvgIpc) is 3.09. The Morgan fingerprint density at radius 3 is 2.50 bits per heavy atom. The number of amides is 1. The molecule has 1 saturated heterocycles. The molecule has 38 heavy (non-hydrogen) atoms. The minimum absolute atomic E-state index is 0.0190. The topological polar surface area (TPSA) is 91.1 Å². The van der Waals surface area contributed by atoms with Crippen molar-refractivity contribution in [2.24, 2.45) is 7.05 Å². The highest BCUT2D eigenvalue weighted by molar-refractivity contribution is 5.97. The zero-order valence-corrected chi connectivity index (χ0v) is 23.5. The third-order valence-electron chi connectivity index (χ3n) is 6.54. The second-order valence-corrected chi connectivity index (χ2v) is 11.0.